The van der Waals surface area contributed by atoms with Crippen molar-refractivity contribution in [1.29, 1.82) is 0 Å². The van der Waals surface area contributed by atoms with Gasteiger partial charge in [-0.25, -0.2) is 4.98 Å². The fourth-order valence-corrected chi connectivity index (χ4v) is 3.20. The van der Waals surface area contributed by atoms with Crippen LogP contribution >= 0.6 is 0 Å². The number of likely N-dealkylation sites (tertiary alicyclic amines) is 1. The van der Waals surface area contributed by atoms with Crippen LogP contribution in [0.5, 0.6) is 0 Å². The third-order valence-corrected chi connectivity index (χ3v) is 4.25. The zero-order valence-corrected chi connectivity index (χ0v) is 12.0. The Balaban J connectivity index is 1.80. The van der Waals surface area contributed by atoms with Crippen LogP contribution in [0.1, 0.15) is 37.4 Å². The summed E-state index contributed by atoms with van der Waals surface area (Å²) >= 11 is 0. The largest absolute Gasteiger partial charge is 0.307 e. The van der Waals surface area contributed by atoms with E-state index >= 15 is 0 Å². The van der Waals surface area contributed by atoms with Crippen LogP contribution in [0.15, 0.2) is 24.5 Å². The lowest BCUT2D eigenvalue weighted by molar-refractivity contribution is 0.155. The Labute approximate surface area is 115 Å². The SMILES string of the molecule is CCN1CCCCC1Cc1cn2cc(C)ccc2n1. The minimum Gasteiger partial charge on any atom is -0.307 e. The van der Waals surface area contributed by atoms with E-state index in [1.54, 1.807) is 0 Å². The predicted octanol–water partition coefficient (Wildman–Crippen LogP) is 3.06. The van der Waals surface area contributed by atoms with Crippen LogP contribution in [0, 0.1) is 6.92 Å². The maximum Gasteiger partial charge on any atom is 0.136 e. The Bertz CT molecular complexity index is 558. The number of fused-ring (bicyclic) bond motifs is 1. The molecular formula is C16H23N3. The smallest absolute Gasteiger partial charge is 0.136 e. The Hall–Kier alpha value is -1.35. The summed E-state index contributed by atoms with van der Waals surface area (Å²) in [6.07, 6.45) is 9.49. The van der Waals surface area contributed by atoms with Crippen LogP contribution in [-0.2, 0) is 6.42 Å². The van der Waals surface area contributed by atoms with Gasteiger partial charge in [0.1, 0.15) is 5.65 Å². The van der Waals surface area contributed by atoms with E-state index in [9.17, 15) is 0 Å². The topological polar surface area (TPSA) is 20.5 Å². The first kappa shape index (κ1) is 12.7. The summed E-state index contributed by atoms with van der Waals surface area (Å²) in [6.45, 7) is 6.81. The highest BCUT2D eigenvalue weighted by atomic mass is 15.2. The van der Waals surface area contributed by atoms with E-state index in [1.165, 1.54) is 37.1 Å². The van der Waals surface area contributed by atoms with Crippen LogP contribution in [-0.4, -0.2) is 33.4 Å². The van der Waals surface area contributed by atoms with E-state index in [2.05, 4.69) is 47.7 Å². The lowest BCUT2D eigenvalue weighted by atomic mass is 9.98. The summed E-state index contributed by atoms with van der Waals surface area (Å²) in [7, 11) is 0. The summed E-state index contributed by atoms with van der Waals surface area (Å²) in [5.74, 6) is 0. The molecule has 3 heterocycles. The van der Waals surface area contributed by atoms with Gasteiger partial charge in [0.05, 0.1) is 5.69 Å². The summed E-state index contributed by atoms with van der Waals surface area (Å²) in [5.41, 5.74) is 3.58. The zero-order valence-electron chi connectivity index (χ0n) is 12.0. The van der Waals surface area contributed by atoms with Gasteiger partial charge in [0.15, 0.2) is 0 Å². The molecule has 0 N–H and O–H groups in total. The van der Waals surface area contributed by atoms with Gasteiger partial charge in [-0.1, -0.05) is 19.4 Å². The van der Waals surface area contributed by atoms with Gasteiger partial charge in [0, 0.05) is 24.9 Å². The van der Waals surface area contributed by atoms with Crippen LogP contribution in [0.4, 0.5) is 0 Å². The van der Waals surface area contributed by atoms with Gasteiger partial charge < -0.3 is 9.30 Å². The third kappa shape index (κ3) is 2.66. The van der Waals surface area contributed by atoms with Crippen molar-refractivity contribution >= 4 is 5.65 Å². The fourth-order valence-electron chi connectivity index (χ4n) is 3.20. The number of hydrogen-bond donors (Lipinski definition) is 0. The summed E-state index contributed by atoms with van der Waals surface area (Å²) in [5, 5.41) is 0. The second-order valence-electron chi connectivity index (χ2n) is 5.69. The maximum atomic E-state index is 4.75. The molecule has 0 radical (unpaired) electrons. The van der Waals surface area contributed by atoms with E-state index in [0.29, 0.717) is 6.04 Å². The molecule has 0 aliphatic carbocycles. The van der Waals surface area contributed by atoms with Crippen LogP contribution < -0.4 is 0 Å². The van der Waals surface area contributed by atoms with Gasteiger partial charge in [-0.15, -0.1) is 0 Å². The number of piperidine rings is 1. The molecule has 0 spiro atoms. The highest BCUT2D eigenvalue weighted by Gasteiger charge is 2.21. The van der Waals surface area contributed by atoms with E-state index in [4.69, 9.17) is 4.98 Å². The van der Waals surface area contributed by atoms with Gasteiger partial charge in [0.25, 0.3) is 0 Å². The van der Waals surface area contributed by atoms with Crippen LogP contribution in [0.3, 0.4) is 0 Å². The number of rotatable bonds is 3. The Morgan fingerprint density at radius 3 is 3.00 bits per heavy atom. The molecule has 3 nitrogen and oxygen atoms in total. The number of likely N-dealkylation sites (N-methyl/N-ethyl adjacent to an activating group) is 1. The van der Waals surface area contributed by atoms with Gasteiger partial charge in [-0.3, -0.25) is 0 Å². The van der Waals surface area contributed by atoms with Gasteiger partial charge in [-0.2, -0.15) is 0 Å². The Kier molecular flexibility index (Phi) is 3.56. The minimum atomic E-state index is 0.685. The van der Waals surface area contributed by atoms with Crippen molar-refractivity contribution in [3.63, 3.8) is 0 Å². The molecule has 102 valence electrons. The fraction of sp³-hybridized carbons (Fsp3) is 0.562. The highest BCUT2D eigenvalue weighted by molar-refractivity contribution is 5.41. The predicted molar refractivity (Wildman–Crippen MR) is 78.5 cm³/mol. The first-order chi connectivity index (χ1) is 9.26. The molecule has 0 bridgehead atoms. The van der Waals surface area contributed by atoms with Gasteiger partial charge in [-0.05, 0) is 44.5 Å². The number of pyridine rings is 1. The van der Waals surface area contributed by atoms with Crippen molar-refractivity contribution in [3.05, 3.63) is 35.8 Å². The first-order valence-electron chi connectivity index (χ1n) is 7.44. The molecule has 0 aromatic carbocycles. The lowest BCUT2D eigenvalue weighted by Crippen LogP contribution is -2.40. The second-order valence-corrected chi connectivity index (χ2v) is 5.69. The molecule has 0 saturated carbocycles. The summed E-state index contributed by atoms with van der Waals surface area (Å²) in [6, 6.07) is 4.92. The van der Waals surface area contributed by atoms with E-state index in [1.807, 2.05) is 0 Å². The summed E-state index contributed by atoms with van der Waals surface area (Å²) < 4.78 is 2.16. The molecular weight excluding hydrogens is 234 g/mol. The number of imidazole rings is 1. The molecule has 2 aromatic heterocycles. The maximum absolute atomic E-state index is 4.75. The molecule has 3 heteroatoms. The van der Waals surface area contributed by atoms with E-state index in [0.717, 1.165) is 18.6 Å². The van der Waals surface area contributed by atoms with Crippen molar-refractivity contribution in [2.75, 3.05) is 13.1 Å². The van der Waals surface area contributed by atoms with Crippen molar-refractivity contribution in [2.45, 2.75) is 45.6 Å². The minimum absolute atomic E-state index is 0.685. The monoisotopic (exact) mass is 257 g/mol. The van der Waals surface area contributed by atoms with Crippen LogP contribution in [0.2, 0.25) is 0 Å². The first-order valence-corrected chi connectivity index (χ1v) is 7.44. The molecule has 1 fully saturated rings. The normalized spacial score (nSPS) is 21.1. The van der Waals surface area contributed by atoms with E-state index in [-0.39, 0.29) is 0 Å². The Morgan fingerprint density at radius 1 is 1.26 bits per heavy atom. The molecule has 2 aromatic rings. The molecule has 1 aliphatic rings. The molecule has 1 atom stereocenters. The van der Waals surface area contributed by atoms with Gasteiger partial charge in [0.2, 0.25) is 0 Å². The van der Waals surface area contributed by atoms with Gasteiger partial charge >= 0.3 is 0 Å². The highest BCUT2D eigenvalue weighted by Crippen LogP contribution is 2.20. The number of aryl methyl sites for hydroxylation is 1. The number of aromatic nitrogens is 2. The van der Waals surface area contributed by atoms with Crippen molar-refractivity contribution in [1.82, 2.24) is 14.3 Å². The molecule has 0 amide bonds. The summed E-state index contributed by atoms with van der Waals surface area (Å²) in [4.78, 5) is 7.36. The third-order valence-electron chi connectivity index (χ3n) is 4.25. The molecule has 1 unspecified atom stereocenters. The standard InChI is InChI=1S/C16H23N3/c1-3-18-9-5-4-6-15(18)10-14-12-19-11-13(2)7-8-16(19)17-14/h7-8,11-12,15H,3-6,9-10H2,1-2H3. The quantitative estimate of drug-likeness (QED) is 0.842. The molecule has 3 rings (SSSR count). The lowest BCUT2D eigenvalue weighted by Gasteiger charge is -2.34. The molecule has 19 heavy (non-hydrogen) atoms. The molecule has 1 saturated heterocycles. The van der Waals surface area contributed by atoms with Crippen molar-refractivity contribution in [3.8, 4) is 0 Å². The second kappa shape index (κ2) is 5.33. The van der Waals surface area contributed by atoms with E-state index < -0.39 is 0 Å². The van der Waals surface area contributed by atoms with Crippen LogP contribution in [0.25, 0.3) is 5.65 Å². The van der Waals surface area contributed by atoms with Crippen molar-refractivity contribution < 1.29 is 0 Å². The zero-order chi connectivity index (χ0) is 13.2. The van der Waals surface area contributed by atoms with Crippen molar-refractivity contribution in [2.24, 2.45) is 0 Å². The Morgan fingerprint density at radius 2 is 2.16 bits per heavy atom. The number of hydrogen-bond acceptors (Lipinski definition) is 2. The molecule has 1 aliphatic heterocycles. The average Bonchev–Trinajstić information content (AvgIpc) is 2.80. The average molecular weight is 257 g/mol. The number of nitrogens with zero attached hydrogens (tertiary/aromatic N) is 3.